The van der Waals surface area contributed by atoms with Crippen molar-refractivity contribution < 1.29 is 31.9 Å². The number of rotatable bonds is 7. The highest BCUT2D eigenvalue weighted by Gasteiger charge is 2.41. The largest absolute Gasteiger partial charge is 0.373 e. The molecule has 2 amide bonds. The van der Waals surface area contributed by atoms with Crippen molar-refractivity contribution in [3.05, 3.63) is 0 Å². The number of amides is 2. The van der Waals surface area contributed by atoms with Gasteiger partial charge in [-0.05, 0) is 32.6 Å². The molecule has 0 radical (unpaired) electrons. The van der Waals surface area contributed by atoms with Gasteiger partial charge in [0.05, 0.1) is 12.2 Å². The molecular formula is C21H34F4N2O3. The Morgan fingerprint density at radius 2 is 1.43 bits per heavy atom. The van der Waals surface area contributed by atoms with E-state index in [4.69, 9.17) is 4.74 Å². The first-order valence-electron chi connectivity index (χ1n) is 10.8. The first kappa shape index (κ1) is 24.9. The van der Waals surface area contributed by atoms with Crippen molar-refractivity contribution in [3.8, 4) is 0 Å². The van der Waals surface area contributed by atoms with Gasteiger partial charge in [-0.25, -0.2) is 17.6 Å². The third-order valence-electron chi connectivity index (χ3n) is 6.22. The van der Waals surface area contributed by atoms with Crippen LogP contribution in [0.2, 0.25) is 0 Å². The standard InChI is InChI=1S/C21H34F4N2O3/c1-13(2)18(28)26-17(19(29)27-11-9-21(24,25)10-12-27)15(4)30-14(3)16-5-7-20(22,23)8-6-16/h13-17H,5-12H2,1-4H3,(H,26,28). The van der Waals surface area contributed by atoms with Gasteiger partial charge in [-0.1, -0.05) is 13.8 Å². The van der Waals surface area contributed by atoms with E-state index in [1.165, 1.54) is 4.90 Å². The molecule has 1 saturated carbocycles. The van der Waals surface area contributed by atoms with Crippen LogP contribution in [0, 0.1) is 11.8 Å². The normalized spacial score (nSPS) is 24.9. The number of nitrogens with zero attached hydrogens (tertiary/aromatic N) is 1. The average molecular weight is 439 g/mol. The van der Waals surface area contributed by atoms with Gasteiger partial charge in [-0.2, -0.15) is 0 Å². The lowest BCUT2D eigenvalue weighted by Crippen LogP contribution is -2.57. The van der Waals surface area contributed by atoms with Crippen molar-refractivity contribution >= 4 is 11.8 Å². The van der Waals surface area contributed by atoms with Gasteiger partial charge in [0.2, 0.25) is 17.7 Å². The minimum atomic E-state index is -2.78. The van der Waals surface area contributed by atoms with Crippen molar-refractivity contribution in [2.75, 3.05) is 13.1 Å². The van der Waals surface area contributed by atoms with E-state index in [0.29, 0.717) is 12.8 Å². The molecule has 2 rings (SSSR count). The van der Waals surface area contributed by atoms with E-state index in [1.54, 1.807) is 27.7 Å². The molecule has 0 aromatic rings. The molecule has 0 bridgehead atoms. The van der Waals surface area contributed by atoms with E-state index in [2.05, 4.69) is 5.32 Å². The van der Waals surface area contributed by atoms with Crippen LogP contribution in [0.4, 0.5) is 17.6 Å². The summed E-state index contributed by atoms with van der Waals surface area (Å²) in [6, 6.07) is -1.01. The Kier molecular flexibility index (Phi) is 8.15. The summed E-state index contributed by atoms with van der Waals surface area (Å²) in [5.41, 5.74) is 0. The number of hydrogen-bond acceptors (Lipinski definition) is 3. The van der Waals surface area contributed by atoms with E-state index < -0.39 is 42.7 Å². The molecule has 5 nitrogen and oxygen atoms in total. The molecular weight excluding hydrogens is 404 g/mol. The van der Waals surface area contributed by atoms with Gasteiger partial charge >= 0.3 is 0 Å². The van der Waals surface area contributed by atoms with Crippen LogP contribution in [-0.2, 0) is 14.3 Å². The zero-order valence-electron chi connectivity index (χ0n) is 18.2. The van der Waals surface area contributed by atoms with Crippen LogP contribution >= 0.6 is 0 Å². The van der Waals surface area contributed by atoms with E-state index in [1.807, 2.05) is 0 Å². The van der Waals surface area contributed by atoms with E-state index in [0.717, 1.165) is 0 Å². The highest BCUT2D eigenvalue weighted by molar-refractivity contribution is 5.88. The summed E-state index contributed by atoms with van der Waals surface area (Å²) in [7, 11) is 0. The molecule has 174 valence electrons. The Morgan fingerprint density at radius 1 is 0.933 bits per heavy atom. The quantitative estimate of drug-likeness (QED) is 0.611. The third-order valence-corrected chi connectivity index (χ3v) is 6.22. The van der Waals surface area contributed by atoms with Crippen molar-refractivity contribution in [2.24, 2.45) is 11.8 Å². The van der Waals surface area contributed by atoms with Gasteiger partial charge in [0, 0.05) is 44.7 Å². The lowest BCUT2D eigenvalue weighted by atomic mass is 9.83. The number of alkyl halides is 4. The fourth-order valence-corrected chi connectivity index (χ4v) is 4.01. The number of halogens is 4. The van der Waals surface area contributed by atoms with Crippen molar-refractivity contribution in [1.29, 1.82) is 0 Å². The smallest absolute Gasteiger partial charge is 0.251 e. The molecule has 1 saturated heterocycles. The molecule has 0 aromatic carbocycles. The number of piperidine rings is 1. The number of hydrogen-bond donors (Lipinski definition) is 1. The van der Waals surface area contributed by atoms with E-state index >= 15 is 0 Å². The Bertz CT molecular complexity index is 595. The molecule has 3 atom stereocenters. The van der Waals surface area contributed by atoms with Crippen LogP contribution in [0.5, 0.6) is 0 Å². The molecule has 1 N–H and O–H groups in total. The van der Waals surface area contributed by atoms with Gasteiger partial charge < -0.3 is 15.0 Å². The molecule has 0 aromatic heterocycles. The second-order valence-electron chi connectivity index (χ2n) is 9.06. The zero-order chi connectivity index (χ0) is 22.7. The van der Waals surface area contributed by atoms with Crippen LogP contribution in [0.3, 0.4) is 0 Å². The SMILES string of the molecule is CC(C)C(=O)NC(C(=O)N1CCC(F)(F)CC1)C(C)OC(C)C1CCC(F)(F)CC1. The monoisotopic (exact) mass is 438 g/mol. The van der Waals surface area contributed by atoms with E-state index in [9.17, 15) is 27.2 Å². The number of likely N-dealkylation sites (tertiary alicyclic amines) is 1. The minimum Gasteiger partial charge on any atom is -0.373 e. The van der Waals surface area contributed by atoms with Gasteiger partial charge in [0.25, 0.3) is 5.92 Å². The Labute approximate surface area is 175 Å². The summed E-state index contributed by atoms with van der Waals surface area (Å²) in [4.78, 5) is 26.6. The molecule has 30 heavy (non-hydrogen) atoms. The molecule has 3 unspecified atom stereocenters. The van der Waals surface area contributed by atoms with Crippen LogP contribution in [0.1, 0.15) is 66.2 Å². The first-order chi connectivity index (χ1) is 13.8. The number of ether oxygens (including phenoxy) is 1. The highest BCUT2D eigenvalue weighted by Crippen LogP contribution is 2.38. The summed E-state index contributed by atoms with van der Waals surface area (Å²) < 4.78 is 59.8. The van der Waals surface area contributed by atoms with Gasteiger partial charge in [-0.3, -0.25) is 9.59 Å². The third kappa shape index (κ3) is 6.82. The molecule has 1 aliphatic heterocycles. The van der Waals surface area contributed by atoms with Crippen molar-refractivity contribution in [2.45, 2.75) is 96.3 Å². The maximum absolute atomic E-state index is 13.5. The fraction of sp³-hybridized carbons (Fsp3) is 0.905. The Balaban J connectivity index is 2.04. The first-order valence-corrected chi connectivity index (χ1v) is 10.8. The lowest BCUT2D eigenvalue weighted by Gasteiger charge is -2.38. The van der Waals surface area contributed by atoms with Crippen LogP contribution in [0.25, 0.3) is 0 Å². The van der Waals surface area contributed by atoms with E-state index in [-0.39, 0.29) is 49.8 Å². The van der Waals surface area contributed by atoms with Crippen LogP contribution < -0.4 is 5.32 Å². The predicted molar refractivity (Wildman–Crippen MR) is 104 cm³/mol. The molecule has 1 aliphatic carbocycles. The number of nitrogens with one attached hydrogen (secondary N) is 1. The van der Waals surface area contributed by atoms with Crippen LogP contribution in [0.15, 0.2) is 0 Å². The average Bonchev–Trinajstić information content (AvgIpc) is 2.64. The summed E-state index contributed by atoms with van der Waals surface area (Å²) in [6.45, 7) is 6.65. The lowest BCUT2D eigenvalue weighted by molar-refractivity contribution is -0.149. The summed E-state index contributed by atoms with van der Waals surface area (Å²) in [6.07, 6.45) is -1.62. The molecule has 2 fully saturated rings. The second kappa shape index (κ2) is 9.83. The number of carbonyl (C=O) groups is 2. The molecule has 0 spiro atoms. The van der Waals surface area contributed by atoms with Crippen molar-refractivity contribution in [3.63, 3.8) is 0 Å². The summed E-state index contributed by atoms with van der Waals surface area (Å²) in [5, 5.41) is 2.69. The fourth-order valence-electron chi connectivity index (χ4n) is 4.01. The molecule has 2 aliphatic rings. The topological polar surface area (TPSA) is 58.6 Å². The Hall–Kier alpha value is -1.38. The maximum Gasteiger partial charge on any atom is 0.251 e. The number of carbonyl (C=O) groups excluding carboxylic acids is 2. The predicted octanol–water partition coefficient (Wildman–Crippen LogP) is 4.00. The second-order valence-corrected chi connectivity index (χ2v) is 9.06. The van der Waals surface area contributed by atoms with Crippen LogP contribution in [-0.4, -0.2) is 59.9 Å². The molecule has 9 heteroatoms. The molecule has 1 heterocycles. The highest BCUT2D eigenvalue weighted by atomic mass is 19.3. The van der Waals surface area contributed by atoms with Crippen molar-refractivity contribution in [1.82, 2.24) is 10.2 Å². The minimum absolute atomic E-state index is 0.0581. The Morgan fingerprint density at radius 3 is 1.93 bits per heavy atom. The van der Waals surface area contributed by atoms with Gasteiger partial charge in [-0.15, -0.1) is 0 Å². The summed E-state index contributed by atoms with van der Waals surface area (Å²) in [5.74, 6) is -6.63. The summed E-state index contributed by atoms with van der Waals surface area (Å²) >= 11 is 0. The zero-order valence-corrected chi connectivity index (χ0v) is 18.2. The van der Waals surface area contributed by atoms with Gasteiger partial charge in [0.1, 0.15) is 6.04 Å². The van der Waals surface area contributed by atoms with Gasteiger partial charge in [0.15, 0.2) is 0 Å². The maximum atomic E-state index is 13.5.